The van der Waals surface area contributed by atoms with E-state index in [1.807, 2.05) is 6.92 Å². The third kappa shape index (κ3) is 2.70. The van der Waals surface area contributed by atoms with E-state index < -0.39 is 0 Å². The lowest BCUT2D eigenvalue weighted by molar-refractivity contribution is 0.0955. The largest absolute Gasteiger partial charge is 0.352 e. The fourth-order valence-corrected chi connectivity index (χ4v) is 1.27. The van der Waals surface area contributed by atoms with E-state index in [1.54, 1.807) is 19.1 Å². The highest BCUT2D eigenvalue weighted by Gasteiger charge is 2.05. The van der Waals surface area contributed by atoms with Gasteiger partial charge in [0.05, 0.1) is 0 Å². The van der Waals surface area contributed by atoms with Crippen molar-refractivity contribution < 1.29 is 4.79 Å². The highest BCUT2D eigenvalue weighted by molar-refractivity contribution is 6.29. The van der Waals surface area contributed by atoms with E-state index in [2.05, 4.69) is 10.3 Å². The van der Waals surface area contributed by atoms with Crippen molar-refractivity contribution in [3.05, 3.63) is 28.5 Å². The van der Waals surface area contributed by atoms with Gasteiger partial charge in [-0.15, -0.1) is 0 Å². The summed E-state index contributed by atoms with van der Waals surface area (Å²) in [6, 6.07) is 3.26. The van der Waals surface area contributed by atoms with Crippen molar-refractivity contribution in [3.63, 3.8) is 0 Å². The summed E-state index contributed by atoms with van der Waals surface area (Å²) in [5.41, 5.74) is 1.30. The number of nitrogens with one attached hydrogen (secondary N) is 1. The van der Waals surface area contributed by atoms with Gasteiger partial charge in [0.2, 0.25) is 0 Å². The van der Waals surface area contributed by atoms with E-state index in [4.69, 9.17) is 11.6 Å². The molecule has 0 unspecified atom stereocenters. The number of carbonyl (C=O) groups is 1. The molecule has 0 aliphatic heterocycles. The molecule has 1 amide bonds. The monoisotopic (exact) mass is 198 g/mol. The first-order valence-electron chi connectivity index (χ1n) is 4.06. The number of halogens is 1. The maximum absolute atomic E-state index is 11.4. The van der Waals surface area contributed by atoms with Gasteiger partial charge in [0, 0.05) is 17.8 Å². The molecule has 0 spiro atoms. The van der Waals surface area contributed by atoms with Gasteiger partial charge in [-0.3, -0.25) is 4.79 Å². The van der Waals surface area contributed by atoms with Gasteiger partial charge in [-0.1, -0.05) is 11.6 Å². The first-order chi connectivity index (χ1) is 6.13. The second kappa shape index (κ2) is 4.23. The van der Waals surface area contributed by atoms with E-state index in [0.717, 1.165) is 5.69 Å². The number of amides is 1. The first kappa shape index (κ1) is 9.99. The second-order valence-corrected chi connectivity index (χ2v) is 3.07. The lowest BCUT2D eigenvalue weighted by Crippen LogP contribution is -2.22. The summed E-state index contributed by atoms with van der Waals surface area (Å²) >= 11 is 5.70. The quantitative estimate of drug-likeness (QED) is 0.737. The Morgan fingerprint density at radius 1 is 1.62 bits per heavy atom. The molecule has 0 fully saturated rings. The Bertz CT molecular complexity index is 305. The topological polar surface area (TPSA) is 42.0 Å². The molecule has 70 valence electrons. The second-order valence-electron chi connectivity index (χ2n) is 2.68. The van der Waals surface area contributed by atoms with Gasteiger partial charge in [-0.25, -0.2) is 4.98 Å². The average molecular weight is 199 g/mol. The normalized spacial score (nSPS) is 9.77. The fraction of sp³-hybridized carbons (Fsp3) is 0.333. The van der Waals surface area contributed by atoms with Crippen molar-refractivity contribution >= 4 is 17.5 Å². The van der Waals surface area contributed by atoms with E-state index >= 15 is 0 Å². The van der Waals surface area contributed by atoms with E-state index in [0.29, 0.717) is 17.3 Å². The number of nitrogens with zero attached hydrogens (tertiary/aromatic N) is 1. The van der Waals surface area contributed by atoms with Crippen LogP contribution in [0.5, 0.6) is 0 Å². The van der Waals surface area contributed by atoms with E-state index in [1.165, 1.54) is 0 Å². The van der Waals surface area contributed by atoms with Crippen LogP contribution in [0.2, 0.25) is 5.15 Å². The molecular weight excluding hydrogens is 188 g/mol. The van der Waals surface area contributed by atoms with Crippen LogP contribution in [-0.2, 0) is 0 Å². The van der Waals surface area contributed by atoms with Crippen LogP contribution in [0.4, 0.5) is 0 Å². The van der Waals surface area contributed by atoms with Gasteiger partial charge in [0.1, 0.15) is 5.15 Å². The predicted octanol–water partition coefficient (Wildman–Crippen LogP) is 1.79. The minimum Gasteiger partial charge on any atom is -0.352 e. The van der Waals surface area contributed by atoms with Crippen LogP contribution in [0, 0.1) is 6.92 Å². The molecule has 0 radical (unpaired) electrons. The zero-order chi connectivity index (χ0) is 9.84. The number of hydrogen-bond donors (Lipinski definition) is 1. The third-order valence-electron chi connectivity index (χ3n) is 1.52. The molecule has 0 aromatic carbocycles. The maximum Gasteiger partial charge on any atom is 0.251 e. The SMILES string of the molecule is CCNC(=O)c1cc(C)nc(Cl)c1. The fourth-order valence-electron chi connectivity index (χ4n) is 1.02. The van der Waals surface area contributed by atoms with Gasteiger partial charge in [-0.2, -0.15) is 0 Å². The molecule has 1 heterocycles. The Kier molecular flexibility index (Phi) is 3.25. The van der Waals surface area contributed by atoms with Gasteiger partial charge in [-0.05, 0) is 26.0 Å². The number of rotatable bonds is 2. The highest BCUT2D eigenvalue weighted by atomic mass is 35.5. The molecular formula is C9H11ClN2O. The van der Waals surface area contributed by atoms with E-state index in [-0.39, 0.29) is 5.91 Å². The van der Waals surface area contributed by atoms with Crippen LogP contribution in [0.3, 0.4) is 0 Å². The Morgan fingerprint density at radius 2 is 2.31 bits per heavy atom. The summed E-state index contributed by atoms with van der Waals surface area (Å²) in [5.74, 6) is -0.116. The zero-order valence-electron chi connectivity index (χ0n) is 7.60. The van der Waals surface area contributed by atoms with Crippen molar-refractivity contribution in [2.45, 2.75) is 13.8 Å². The molecule has 0 saturated heterocycles. The first-order valence-corrected chi connectivity index (χ1v) is 4.43. The number of aromatic nitrogens is 1. The van der Waals surface area contributed by atoms with Gasteiger partial charge in [0.15, 0.2) is 0 Å². The Balaban J connectivity index is 2.94. The lowest BCUT2D eigenvalue weighted by Gasteiger charge is -2.02. The van der Waals surface area contributed by atoms with Gasteiger partial charge in [0.25, 0.3) is 5.91 Å². The van der Waals surface area contributed by atoms with Crippen LogP contribution >= 0.6 is 11.6 Å². The van der Waals surface area contributed by atoms with Crippen LogP contribution in [0.15, 0.2) is 12.1 Å². The summed E-state index contributed by atoms with van der Waals surface area (Å²) in [7, 11) is 0. The van der Waals surface area contributed by atoms with Crippen molar-refractivity contribution in [2.75, 3.05) is 6.54 Å². The maximum atomic E-state index is 11.4. The molecule has 0 atom stereocenters. The Labute approximate surface area is 82.1 Å². The average Bonchev–Trinajstić information content (AvgIpc) is 2.03. The lowest BCUT2D eigenvalue weighted by atomic mass is 10.2. The summed E-state index contributed by atoms with van der Waals surface area (Å²) < 4.78 is 0. The minimum absolute atomic E-state index is 0.116. The number of carbonyl (C=O) groups excluding carboxylic acids is 1. The van der Waals surface area contributed by atoms with Gasteiger partial charge < -0.3 is 5.32 Å². The molecule has 1 rings (SSSR count). The van der Waals surface area contributed by atoms with Crippen LogP contribution in [-0.4, -0.2) is 17.4 Å². The van der Waals surface area contributed by atoms with E-state index in [9.17, 15) is 4.79 Å². The summed E-state index contributed by atoms with van der Waals surface area (Å²) in [4.78, 5) is 15.3. The third-order valence-corrected chi connectivity index (χ3v) is 1.72. The Hall–Kier alpha value is -1.09. The van der Waals surface area contributed by atoms with Crippen LogP contribution in [0.25, 0.3) is 0 Å². The summed E-state index contributed by atoms with van der Waals surface area (Å²) in [6.07, 6.45) is 0. The van der Waals surface area contributed by atoms with Crippen molar-refractivity contribution in [3.8, 4) is 0 Å². The molecule has 13 heavy (non-hydrogen) atoms. The van der Waals surface area contributed by atoms with Crippen molar-refractivity contribution in [1.29, 1.82) is 0 Å². The molecule has 3 nitrogen and oxygen atoms in total. The smallest absolute Gasteiger partial charge is 0.251 e. The highest BCUT2D eigenvalue weighted by Crippen LogP contribution is 2.09. The molecule has 1 aromatic rings. The molecule has 1 N–H and O–H groups in total. The zero-order valence-corrected chi connectivity index (χ0v) is 8.35. The predicted molar refractivity (Wildman–Crippen MR) is 52.0 cm³/mol. The molecule has 1 aromatic heterocycles. The minimum atomic E-state index is -0.116. The number of pyridine rings is 1. The number of hydrogen-bond acceptors (Lipinski definition) is 2. The molecule has 4 heteroatoms. The molecule has 0 bridgehead atoms. The van der Waals surface area contributed by atoms with Crippen LogP contribution in [0.1, 0.15) is 23.0 Å². The van der Waals surface area contributed by atoms with Gasteiger partial charge >= 0.3 is 0 Å². The standard InChI is InChI=1S/C9H11ClN2O/c1-3-11-9(13)7-4-6(2)12-8(10)5-7/h4-5H,3H2,1-2H3,(H,11,13). The van der Waals surface area contributed by atoms with Crippen molar-refractivity contribution in [1.82, 2.24) is 10.3 Å². The van der Waals surface area contributed by atoms with Crippen LogP contribution < -0.4 is 5.32 Å². The summed E-state index contributed by atoms with van der Waals surface area (Å²) in [6.45, 7) is 4.28. The molecule has 0 aliphatic carbocycles. The summed E-state index contributed by atoms with van der Waals surface area (Å²) in [5, 5.41) is 3.04. The molecule has 0 saturated carbocycles. The molecule has 0 aliphatic rings. The Morgan fingerprint density at radius 3 is 2.85 bits per heavy atom. The number of aryl methyl sites for hydroxylation is 1. The van der Waals surface area contributed by atoms with Crippen molar-refractivity contribution in [2.24, 2.45) is 0 Å².